The molecule has 7 rings (SSSR count). The second-order valence-electron chi connectivity index (χ2n) is 17.8. The highest BCUT2D eigenvalue weighted by molar-refractivity contribution is 5.77. The molecule has 3 aromatic rings. The Morgan fingerprint density at radius 2 is 0.895 bits per heavy atom. The maximum absolute atomic E-state index is 13.3. The Morgan fingerprint density at radius 3 is 1.32 bits per heavy atom. The third kappa shape index (κ3) is 7.90. The Morgan fingerprint density at radius 1 is 0.491 bits per heavy atom. The van der Waals surface area contributed by atoms with Crippen LogP contribution in [-0.2, 0) is 33.6 Å². The molecule has 13 heteroatoms. The van der Waals surface area contributed by atoms with Crippen LogP contribution in [0.3, 0.4) is 0 Å². The van der Waals surface area contributed by atoms with Crippen molar-refractivity contribution in [3.63, 3.8) is 0 Å². The number of carbonyl (C=O) groups is 3. The number of nitrogens with one attached hydrogen (secondary N) is 3. The van der Waals surface area contributed by atoms with Crippen molar-refractivity contribution >= 4 is 17.7 Å². The molecule has 3 bridgehead atoms. The van der Waals surface area contributed by atoms with E-state index in [0.29, 0.717) is 77.4 Å². The number of phenols is 6. The number of rotatable bonds is 18. The van der Waals surface area contributed by atoms with Crippen molar-refractivity contribution < 1.29 is 45.0 Å². The monoisotopic (exact) mass is 784 g/mol. The number of benzene rings is 3. The molecule has 3 amide bonds. The van der Waals surface area contributed by atoms with E-state index in [1.54, 1.807) is 18.2 Å². The van der Waals surface area contributed by atoms with Crippen LogP contribution in [0.2, 0.25) is 0 Å². The molecule has 0 heterocycles. The molecule has 0 saturated heterocycles. The van der Waals surface area contributed by atoms with Crippen LogP contribution in [-0.4, -0.2) is 73.5 Å². The Labute approximate surface area is 332 Å². The molecule has 5 unspecified atom stereocenters. The standard InChI is InChI=1S/C44H56N4O9/c45-43-23-40(13-7-37(55)46-16-10-28-1-4-31(49)34(52)19-28)22-41(14-8-38(56)47-17-11-29-2-5-32(50)35(53)20-29)25-42(26-43,44(41,24-40)27-43)15-9-39(57)48-18-12-30-3-6-33(51)36(54)21-30/h1-6,19-21,49-54H,7-18,22-27,45H2,(H,46,55)(H,47,56)(H,48,57). The molecule has 4 aliphatic carbocycles. The van der Waals surface area contributed by atoms with E-state index in [1.165, 1.54) is 36.4 Å². The normalized spacial score (nSPS) is 27.7. The van der Waals surface area contributed by atoms with Crippen molar-refractivity contribution in [1.29, 1.82) is 0 Å². The largest absolute Gasteiger partial charge is 0.504 e. The van der Waals surface area contributed by atoms with E-state index in [1.807, 2.05) is 0 Å². The van der Waals surface area contributed by atoms with Crippen LogP contribution in [0.1, 0.15) is 93.7 Å². The van der Waals surface area contributed by atoms with Crippen LogP contribution >= 0.6 is 0 Å². The minimum atomic E-state index is -0.414. The Kier molecular flexibility index (Phi) is 10.7. The molecule has 0 radical (unpaired) electrons. The summed E-state index contributed by atoms with van der Waals surface area (Å²) in [4.78, 5) is 39.8. The third-order valence-corrected chi connectivity index (χ3v) is 14.0. The molecule has 0 aliphatic heterocycles. The lowest BCUT2D eigenvalue weighted by Gasteiger charge is -2.67. The van der Waals surface area contributed by atoms with Crippen molar-refractivity contribution in [3.05, 3.63) is 71.3 Å². The van der Waals surface area contributed by atoms with E-state index in [-0.39, 0.29) is 73.9 Å². The van der Waals surface area contributed by atoms with Gasteiger partial charge in [0.1, 0.15) is 0 Å². The first-order chi connectivity index (χ1) is 27.1. The first kappa shape index (κ1) is 40.0. The zero-order chi connectivity index (χ0) is 40.6. The molecule has 4 aliphatic rings. The summed E-state index contributed by atoms with van der Waals surface area (Å²) in [6, 6.07) is 13.9. The van der Waals surface area contributed by atoms with Gasteiger partial charge in [0.05, 0.1) is 0 Å². The highest BCUT2D eigenvalue weighted by atomic mass is 16.3. The van der Waals surface area contributed by atoms with E-state index in [4.69, 9.17) is 5.73 Å². The predicted molar refractivity (Wildman–Crippen MR) is 212 cm³/mol. The number of hydrogen-bond donors (Lipinski definition) is 10. The van der Waals surface area contributed by atoms with Gasteiger partial charge in [-0.05, 0) is 152 Å². The Bertz CT molecular complexity index is 2040. The zero-order valence-corrected chi connectivity index (χ0v) is 32.4. The summed E-state index contributed by atoms with van der Waals surface area (Å²) in [5.74, 6) is -1.27. The molecule has 0 aromatic heterocycles. The number of hydrogen-bond acceptors (Lipinski definition) is 10. The van der Waals surface area contributed by atoms with Gasteiger partial charge in [0.15, 0.2) is 34.5 Å². The molecule has 57 heavy (non-hydrogen) atoms. The lowest BCUT2D eigenvalue weighted by Crippen LogP contribution is -2.60. The topological polar surface area (TPSA) is 235 Å². The number of amides is 3. The van der Waals surface area contributed by atoms with Crippen LogP contribution in [0.4, 0.5) is 0 Å². The van der Waals surface area contributed by atoms with Crippen LogP contribution in [0, 0.1) is 21.7 Å². The van der Waals surface area contributed by atoms with E-state index in [2.05, 4.69) is 16.0 Å². The van der Waals surface area contributed by atoms with Gasteiger partial charge in [0, 0.05) is 44.4 Å². The molecular weight excluding hydrogens is 729 g/mol. The Balaban J connectivity index is 0.995. The minimum absolute atomic E-state index is 0.0430. The van der Waals surface area contributed by atoms with E-state index in [9.17, 15) is 45.0 Å². The summed E-state index contributed by atoms with van der Waals surface area (Å²) in [7, 11) is 0. The average Bonchev–Trinajstić information content (AvgIpc) is 3.43. The molecule has 13 nitrogen and oxygen atoms in total. The van der Waals surface area contributed by atoms with E-state index >= 15 is 0 Å². The third-order valence-electron chi connectivity index (χ3n) is 14.0. The number of nitrogens with two attached hydrogens (primary N) is 1. The number of fused-ring (bicyclic) bond motifs is 2. The average molecular weight is 785 g/mol. The summed E-state index contributed by atoms with van der Waals surface area (Å²) < 4.78 is 0. The van der Waals surface area contributed by atoms with Crippen LogP contribution < -0.4 is 21.7 Å². The SMILES string of the molecule is NC12CC3(CCC(=O)NCCc4ccc(O)c(O)c4)CC4(CCC(=O)NCCc5ccc(O)c(O)c5)CC(CCC(=O)NCCc5ccc(O)c(O)c5)(C1)C4(C2)C3. The lowest BCUT2D eigenvalue weighted by atomic mass is 9.37. The van der Waals surface area contributed by atoms with E-state index in [0.717, 1.165) is 55.2 Å². The maximum Gasteiger partial charge on any atom is 0.220 e. The number of phenolic OH excluding ortho intramolecular Hbond substituents is 6. The lowest BCUT2D eigenvalue weighted by molar-refractivity contribution is -0.189. The summed E-state index contributed by atoms with van der Waals surface area (Å²) in [5, 5.41) is 67.4. The fourth-order valence-electron chi connectivity index (χ4n) is 12.1. The van der Waals surface area contributed by atoms with Gasteiger partial charge in [-0.25, -0.2) is 0 Å². The van der Waals surface area contributed by atoms with Gasteiger partial charge in [-0.1, -0.05) is 18.2 Å². The molecule has 5 atom stereocenters. The first-order valence-electron chi connectivity index (χ1n) is 20.2. The molecule has 11 N–H and O–H groups in total. The number of aromatic hydroxyl groups is 6. The van der Waals surface area contributed by atoms with Crippen molar-refractivity contribution in [2.75, 3.05) is 19.6 Å². The summed E-state index contributed by atoms with van der Waals surface area (Å²) in [6.07, 6.45) is 9.90. The van der Waals surface area contributed by atoms with Crippen molar-refractivity contribution in [1.82, 2.24) is 16.0 Å². The molecule has 306 valence electrons. The molecule has 4 fully saturated rings. The molecule has 1 spiro atoms. The quantitative estimate of drug-likeness (QED) is 0.0801. The van der Waals surface area contributed by atoms with Crippen molar-refractivity contribution in [2.45, 2.75) is 102 Å². The summed E-state index contributed by atoms with van der Waals surface area (Å²) in [5.41, 5.74) is 8.78. The van der Waals surface area contributed by atoms with Crippen LogP contribution in [0.15, 0.2) is 54.6 Å². The van der Waals surface area contributed by atoms with Crippen LogP contribution in [0.5, 0.6) is 34.5 Å². The second-order valence-corrected chi connectivity index (χ2v) is 17.8. The van der Waals surface area contributed by atoms with Gasteiger partial charge < -0.3 is 52.3 Å². The smallest absolute Gasteiger partial charge is 0.220 e. The van der Waals surface area contributed by atoms with Gasteiger partial charge in [-0.3, -0.25) is 14.4 Å². The summed E-state index contributed by atoms with van der Waals surface area (Å²) >= 11 is 0. The van der Waals surface area contributed by atoms with Gasteiger partial charge in [0.25, 0.3) is 0 Å². The molecule has 4 saturated carbocycles. The number of carbonyl (C=O) groups excluding carboxylic acids is 3. The Hall–Kier alpha value is -5.17. The van der Waals surface area contributed by atoms with Crippen molar-refractivity contribution in [3.8, 4) is 34.5 Å². The van der Waals surface area contributed by atoms with Gasteiger partial charge in [-0.2, -0.15) is 0 Å². The minimum Gasteiger partial charge on any atom is -0.504 e. The van der Waals surface area contributed by atoms with Crippen LogP contribution in [0.25, 0.3) is 0 Å². The van der Waals surface area contributed by atoms with Gasteiger partial charge in [0.2, 0.25) is 17.7 Å². The zero-order valence-electron chi connectivity index (χ0n) is 32.4. The highest BCUT2D eigenvalue weighted by Gasteiger charge is 2.84. The molecular formula is C44H56N4O9. The second kappa shape index (κ2) is 15.3. The maximum atomic E-state index is 13.3. The summed E-state index contributed by atoms with van der Waals surface area (Å²) in [6.45, 7) is 1.20. The fourth-order valence-corrected chi connectivity index (χ4v) is 12.1. The predicted octanol–water partition coefficient (Wildman–Crippen LogP) is 4.68. The highest BCUT2D eigenvalue weighted by Crippen LogP contribution is 2.91. The van der Waals surface area contributed by atoms with Gasteiger partial charge >= 0.3 is 0 Å². The molecule has 3 aromatic carbocycles. The van der Waals surface area contributed by atoms with Gasteiger partial charge in [-0.15, -0.1) is 0 Å². The first-order valence-corrected chi connectivity index (χ1v) is 20.2. The van der Waals surface area contributed by atoms with Crippen molar-refractivity contribution in [2.24, 2.45) is 27.4 Å². The van der Waals surface area contributed by atoms with E-state index < -0.39 is 5.54 Å². The fraction of sp³-hybridized carbons (Fsp3) is 0.523.